The third kappa shape index (κ3) is 2.02. The van der Waals surface area contributed by atoms with Gasteiger partial charge >= 0.3 is 0 Å². The van der Waals surface area contributed by atoms with Crippen molar-refractivity contribution >= 4 is 0 Å². The van der Waals surface area contributed by atoms with Gasteiger partial charge in [-0.15, -0.1) is 0 Å². The fourth-order valence-corrected chi connectivity index (χ4v) is 2.17. The molecule has 2 nitrogen and oxygen atoms in total. The summed E-state index contributed by atoms with van der Waals surface area (Å²) in [6, 6.07) is 0.0763. The average molecular weight is 187 g/mol. The van der Waals surface area contributed by atoms with Crippen LogP contribution in [0.1, 0.15) is 26.2 Å². The number of aliphatic hydroxyl groups excluding tert-OH is 1. The van der Waals surface area contributed by atoms with Gasteiger partial charge < -0.3 is 5.11 Å². The van der Waals surface area contributed by atoms with Crippen LogP contribution in [0.3, 0.4) is 0 Å². The highest BCUT2D eigenvalue weighted by Gasteiger charge is 2.42. The Bertz CT molecular complexity index is 193. The van der Waals surface area contributed by atoms with Crippen LogP contribution in [0.25, 0.3) is 0 Å². The van der Waals surface area contributed by atoms with Crippen LogP contribution in [0.2, 0.25) is 0 Å². The molecule has 0 aromatic rings. The minimum atomic E-state index is -0.723. The fourth-order valence-electron chi connectivity index (χ4n) is 2.17. The van der Waals surface area contributed by atoms with E-state index in [1.54, 1.807) is 0 Å². The fraction of sp³-hybridized carbons (Fsp3) is 1.00. The van der Waals surface area contributed by atoms with E-state index < -0.39 is 6.17 Å². The van der Waals surface area contributed by atoms with E-state index in [1.165, 1.54) is 12.8 Å². The molecule has 0 bridgehead atoms. The van der Waals surface area contributed by atoms with Gasteiger partial charge in [-0.05, 0) is 24.7 Å². The number of likely N-dealkylation sites (tertiary alicyclic amines) is 1. The van der Waals surface area contributed by atoms with Crippen LogP contribution in [0.5, 0.6) is 0 Å². The molecular weight excluding hydrogens is 169 g/mol. The second-order valence-electron chi connectivity index (χ2n) is 4.91. The van der Waals surface area contributed by atoms with Gasteiger partial charge in [0.2, 0.25) is 0 Å². The first-order chi connectivity index (χ1) is 6.13. The van der Waals surface area contributed by atoms with Crippen molar-refractivity contribution in [2.75, 3.05) is 19.7 Å². The standard InChI is InChI=1S/C10H18FNO/c1-10(2-3-10)7-12-5-8(11)4-9(12)6-13/h8-9,13H,2-7H2,1H3. The summed E-state index contributed by atoms with van der Waals surface area (Å²) in [5.41, 5.74) is 0.428. The molecule has 0 aromatic heterocycles. The Hall–Kier alpha value is -0.150. The van der Waals surface area contributed by atoms with Crippen molar-refractivity contribution in [2.24, 2.45) is 5.41 Å². The van der Waals surface area contributed by atoms with Crippen LogP contribution in [0.4, 0.5) is 4.39 Å². The van der Waals surface area contributed by atoms with Gasteiger partial charge in [0, 0.05) is 19.1 Å². The van der Waals surface area contributed by atoms with Crippen LogP contribution in [-0.4, -0.2) is 41.9 Å². The minimum Gasteiger partial charge on any atom is -0.395 e. The molecule has 2 aliphatic rings. The van der Waals surface area contributed by atoms with Crippen LogP contribution in [0.15, 0.2) is 0 Å². The number of alkyl halides is 1. The molecule has 2 rings (SSSR count). The van der Waals surface area contributed by atoms with Crippen LogP contribution < -0.4 is 0 Å². The third-order valence-corrected chi connectivity index (χ3v) is 3.38. The maximum atomic E-state index is 13.1. The van der Waals surface area contributed by atoms with Gasteiger partial charge in [-0.1, -0.05) is 6.92 Å². The second-order valence-corrected chi connectivity index (χ2v) is 4.91. The maximum Gasteiger partial charge on any atom is 0.114 e. The Kier molecular flexibility index (Phi) is 2.32. The van der Waals surface area contributed by atoms with Crippen molar-refractivity contribution < 1.29 is 9.50 Å². The number of nitrogens with zero attached hydrogens (tertiary/aromatic N) is 1. The topological polar surface area (TPSA) is 23.5 Å². The summed E-state index contributed by atoms with van der Waals surface area (Å²) in [7, 11) is 0. The highest BCUT2D eigenvalue weighted by Crippen LogP contribution is 2.46. The predicted octanol–water partition coefficient (Wildman–Crippen LogP) is 1.19. The number of aliphatic hydroxyl groups is 1. The van der Waals surface area contributed by atoms with E-state index in [2.05, 4.69) is 11.8 Å². The molecule has 13 heavy (non-hydrogen) atoms. The lowest BCUT2D eigenvalue weighted by atomic mass is 10.1. The molecule has 1 saturated heterocycles. The van der Waals surface area contributed by atoms with Crippen molar-refractivity contribution in [3.05, 3.63) is 0 Å². The highest BCUT2D eigenvalue weighted by molar-refractivity contribution is 4.95. The van der Waals surface area contributed by atoms with Gasteiger partial charge in [0.1, 0.15) is 6.17 Å². The molecule has 2 fully saturated rings. The smallest absolute Gasteiger partial charge is 0.114 e. The monoisotopic (exact) mass is 187 g/mol. The van der Waals surface area contributed by atoms with E-state index in [1.807, 2.05) is 0 Å². The molecule has 76 valence electrons. The van der Waals surface area contributed by atoms with Crippen LogP contribution in [0, 0.1) is 5.41 Å². The number of halogens is 1. The van der Waals surface area contributed by atoms with Gasteiger partial charge in [0.05, 0.1) is 6.61 Å². The summed E-state index contributed by atoms with van der Waals surface area (Å²) in [6.45, 7) is 3.85. The molecule has 1 aliphatic carbocycles. The van der Waals surface area contributed by atoms with Gasteiger partial charge in [0.15, 0.2) is 0 Å². The Morgan fingerprint density at radius 3 is 2.77 bits per heavy atom. The Morgan fingerprint density at radius 1 is 1.54 bits per heavy atom. The van der Waals surface area contributed by atoms with E-state index >= 15 is 0 Å². The van der Waals surface area contributed by atoms with Crippen molar-refractivity contribution in [1.82, 2.24) is 4.90 Å². The van der Waals surface area contributed by atoms with Gasteiger partial charge in [-0.3, -0.25) is 4.90 Å². The van der Waals surface area contributed by atoms with E-state index in [0.29, 0.717) is 18.4 Å². The van der Waals surface area contributed by atoms with E-state index in [-0.39, 0.29) is 12.6 Å². The quantitative estimate of drug-likeness (QED) is 0.717. The molecule has 1 aliphatic heterocycles. The first-order valence-corrected chi connectivity index (χ1v) is 5.12. The number of hydrogen-bond acceptors (Lipinski definition) is 2. The zero-order chi connectivity index (χ0) is 9.47. The molecule has 3 heteroatoms. The lowest BCUT2D eigenvalue weighted by Crippen LogP contribution is -2.36. The lowest BCUT2D eigenvalue weighted by molar-refractivity contribution is 0.139. The lowest BCUT2D eigenvalue weighted by Gasteiger charge is -2.25. The SMILES string of the molecule is CC1(CN2CC(F)CC2CO)CC1. The summed E-state index contributed by atoms with van der Waals surface area (Å²) in [4.78, 5) is 2.12. The van der Waals surface area contributed by atoms with Gasteiger partial charge in [-0.25, -0.2) is 4.39 Å². The highest BCUT2D eigenvalue weighted by atomic mass is 19.1. The Morgan fingerprint density at radius 2 is 2.23 bits per heavy atom. The molecule has 1 N–H and O–H groups in total. The average Bonchev–Trinajstić information content (AvgIpc) is 2.67. The third-order valence-electron chi connectivity index (χ3n) is 3.38. The predicted molar refractivity (Wildman–Crippen MR) is 49.3 cm³/mol. The summed E-state index contributed by atoms with van der Waals surface area (Å²) in [6.07, 6.45) is 2.32. The molecule has 2 atom stereocenters. The molecule has 0 amide bonds. The van der Waals surface area contributed by atoms with Crippen LogP contribution in [-0.2, 0) is 0 Å². The molecule has 1 saturated carbocycles. The van der Waals surface area contributed by atoms with Crippen molar-refractivity contribution in [1.29, 1.82) is 0 Å². The van der Waals surface area contributed by atoms with E-state index in [0.717, 1.165) is 6.54 Å². The van der Waals surface area contributed by atoms with Crippen molar-refractivity contribution in [3.8, 4) is 0 Å². The minimum absolute atomic E-state index is 0.0763. The maximum absolute atomic E-state index is 13.1. The van der Waals surface area contributed by atoms with Gasteiger partial charge in [-0.2, -0.15) is 0 Å². The zero-order valence-corrected chi connectivity index (χ0v) is 8.17. The summed E-state index contributed by atoms with van der Waals surface area (Å²) >= 11 is 0. The van der Waals surface area contributed by atoms with Gasteiger partial charge in [0.25, 0.3) is 0 Å². The number of rotatable bonds is 3. The molecule has 1 heterocycles. The Balaban J connectivity index is 1.89. The van der Waals surface area contributed by atoms with E-state index in [4.69, 9.17) is 5.11 Å². The Labute approximate surface area is 78.7 Å². The molecule has 0 aromatic carbocycles. The van der Waals surface area contributed by atoms with Crippen LogP contribution >= 0.6 is 0 Å². The summed E-state index contributed by atoms with van der Waals surface area (Å²) in [5, 5.41) is 9.06. The first-order valence-electron chi connectivity index (χ1n) is 5.12. The largest absolute Gasteiger partial charge is 0.395 e. The summed E-state index contributed by atoms with van der Waals surface area (Å²) < 4.78 is 13.1. The van der Waals surface area contributed by atoms with E-state index in [9.17, 15) is 4.39 Å². The zero-order valence-electron chi connectivity index (χ0n) is 8.17. The van der Waals surface area contributed by atoms with Crippen molar-refractivity contribution in [3.63, 3.8) is 0 Å². The molecule has 0 spiro atoms. The summed E-state index contributed by atoms with van der Waals surface area (Å²) in [5.74, 6) is 0. The normalized spacial score (nSPS) is 38.1. The number of hydrogen-bond donors (Lipinski definition) is 1. The van der Waals surface area contributed by atoms with Crippen molar-refractivity contribution in [2.45, 2.75) is 38.4 Å². The molecule has 0 radical (unpaired) electrons. The molecule has 2 unspecified atom stereocenters. The first kappa shape index (κ1) is 9.41. The second kappa shape index (κ2) is 3.21. The molecular formula is C10H18FNO.